The molecule has 13 heteroatoms. The van der Waals surface area contributed by atoms with E-state index in [2.05, 4.69) is 20.3 Å². The molecule has 41 heavy (non-hydrogen) atoms. The molecule has 4 radical (unpaired) electrons. The van der Waals surface area contributed by atoms with Crippen molar-refractivity contribution in [2.45, 2.75) is 65.5 Å². The van der Waals surface area contributed by atoms with Crippen LogP contribution in [-0.2, 0) is 20.5 Å². The van der Waals surface area contributed by atoms with Gasteiger partial charge in [0, 0.05) is 30.2 Å². The molecule has 0 spiro atoms. The van der Waals surface area contributed by atoms with E-state index in [1.165, 1.54) is 17.9 Å². The second-order valence-corrected chi connectivity index (χ2v) is 9.99. The van der Waals surface area contributed by atoms with E-state index in [0.29, 0.717) is 29.6 Å². The van der Waals surface area contributed by atoms with Gasteiger partial charge in [-0.15, -0.1) is 0 Å². The van der Waals surface area contributed by atoms with E-state index in [1.807, 2.05) is 13.8 Å². The first-order valence-electron chi connectivity index (χ1n) is 12.7. The van der Waals surface area contributed by atoms with Gasteiger partial charge in [-0.05, 0) is 52.3 Å². The average molecular weight is 582 g/mol. The third-order valence-corrected chi connectivity index (χ3v) is 5.82. The second kappa shape index (κ2) is 13.9. The molecule has 8 nitrogen and oxygen atoms in total. The molecular formula is C28H32B2ClF2N5O3. The van der Waals surface area contributed by atoms with Crippen molar-refractivity contribution < 1.29 is 23.4 Å². The fourth-order valence-electron chi connectivity index (χ4n) is 3.63. The highest BCUT2D eigenvalue weighted by Gasteiger charge is 2.29. The Hall–Kier alpha value is -3.50. The van der Waals surface area contributed by atoms with Crippen LogP contribution in [0.1, 0.15) is 71.7 Å². The van der Waals surface area contributed by atoms with Crippen LogP contribution in [0.2, 0.25) is 0 Å². The van der Waals surface area contributed by atoms with Gasteiger partial charge in [0.2, 0.25) is 6.41 Å². The molecule has 0 fully saturated rings. The van der Waals surface area contributed by atoms with Gasteiger partial charge in [0.1, 0.15) is 44.4 Å². The number of carbonyl (C=O) groups is 1. The Labute approximate surface area is 247 Å². The number of allylic oxidation sites excluding steroid dienone is 4. The van der Waals surface area contributed by atoms with Crippen molar-refractivity contribution >= 4 is 33.7 Å². The normalized spacial score (nSPS) is 16.3. The summed E-state index contributed by atoms with van der Waals surface area (Å²) in [6.07, 6.45) is 7.79. The number of rotatable bonds is 9. The van der Waals surface area contributed by atoms with Gasteiger partial charge in [-0.25, -0.2) is 18.7 Å². The van der Waals surface area contributed by atoms with Gasteiger partial charge in [-0.2, -0.15) is 0 Å². The van der Waals surface area contributed by atoms with E-state index in [9.17, 15) is 18.7 Å². The smallest absolute Gasteiger partial charge is 0.218 e. The molecular weight excluding hydrogens is 549 g/mol. The molecule has 0 saturated heterocycles. The number of carbonyl (C=O) groups excluding carboxylic acids is 1. The molecule has 2 aromatic heterocycles. The van der Waals surface area contributed by atoms with Crippen molar-refractivity contribution in [2.24, 2.45) is 0 Å². The summed E-state index contributed by atoms with van der Waals surface area (Å²) < 4.78 is 33.2. The fraction of sp³-hybridized carbons (Fsp3) is 0.357. The number of dihydropyridines is 1. The summed E-state index contributed by atoms with van der Waals surface area (Å²) in [7, 11) is 11.9. The zero-order valence-corrected chi connectivity index (χ0v) is 24.8. The molecule has 0 unspecified atom stereocenters. The molecule has 0 aromatic carbocycles. The minimum absolute atomic E-state index is 0.0742. The van der Waals surface area contributed by atoms with Crippen LogP contribution in [0, 0.1) is 11.6 Å². The molecule has 0 aliphatic carbocycles. The molecule has 214 valence electrons. The van der Waals surface area contributed by atoms with Gasteiger partial charge in [0.15, 0.2) is 5.82 Å². The lowest BCUT2D eigenvalue weighted by molar-refractivity contribution is -0.115. The number of nitrogens with zero attached hydrogens (tertiary/aromatic N) is 4. The number of ether oxygens (including phenoxy) is 1. The summed E-state index contributed by atoms with van der Waals surface area (Å²) in [6, 6.07) is 1.82. The van der Waals surface area contributed by atoms with Crippen molar-refractivity contribution in [1.29, 1.82) is 0 Å². The van der Waals surface area contributed by atoms with Crippen molar-refractivity contribution in [1.82, 2.24) is 25.2 Å². The largest absolute Gasteiger partial charge is 0.500 e. The lowest BCUT2D eigenvalue weighted by Gasteiger charge is -2.31. The summed E-state index contributed by atoms with van der Waals surface area (Å²) in [5, 5.41) is 11.3. The van der Waals surface area contributed by atoms with Gasteiger partial charge >= 0.3 is 0 Å². The van der Waals surface area contributed by atoms with E-state index in [4.69, 9.17) is 32.0 Å². The van der Waals surface area contributed by atoms with Gasteiger partial charge in [-0.1, -0.05) is 25.4 Å². The number of aliphatic hydroxyl groups is 1. The summed E-state index contributed by atoms with van der Waals surface area (Å²) in [4.78, 5) is 25.8. The molecule has 1 aliphatic heterocycles. The first-order valence-corrected chi connectivity index (χ1v) is 13.1. The van der Waals surface area contributed by atoms with Crippen LogP contribution >= 0.6 is 11.6 Å². The van der Waals surface area contributed by atoms with Crippen LogP contribution in [0.3, 0.4) is 0 Å². The summed E-state index contributed by atoms with van der Waals surface area (Å²) >= 11 is 6.21. The summed E-state index contributed by atoms with van der Waals surface area (Å²) in [5.74, 6) is -1.85. The number of hydrogen-bond donors (Lipinski definition) is 2. The average Bonchev–Trinajstić information content (AvgIpc) is 2.90. The highest BCUT2D eigenvalue weighted by atomic mass is 35.5. The minimum Gasteiger partial charge on any atom is -0.500 e. The van der Waals surface area contributed by atoms with Crippen LogP contribution in [-0.4, -0.2) is 47.1 Å². The van der Waals surface area contributed by atoms with Crippen LogP contribution in [0.15, 0.2) is 70.6 Å². The van der Waals surface area contributed by atoms with Crippen molar-refractivity contribution in [3.63, 3.8) is 0 Å². The SMILES string of the molecule is CC.[B]C([B])(OC(/C=C(/C)N(C=O)C1=C[C@H](c2ccnc(C(C)(C)O)n2)NC=C1C)=C(/C)Cl)c1ncc(F)cc1F. The van der Waals surface area contributed by atoms with Gasteiger partial charge in [0.05, 0.1) is 34.1 Å². The number of nitrogens with one attached hydrogen (secondary N) is 1. The standard InChI is InChI=1S/C26H26B2ClF2N5O3.C2H6/c1-14-11-33-20(19-6-7-32-24(35-19)25(4,5)38)10-21(14)36(13-37)15(2)8-22(16(3)29)39-26(27,28)23-18(31)9-17(30)12-34-23;1-2/h6-13,20,33,38H,1-5H3;1-2H3/b15-8-,22-16-;/t20-;/m1./s1. The van der Waals surface area contributed by atoms with Crippen LogP contribution < -0.4 is 5.32 Å². The van der Waals surface area contributed by atoms with E-state index in [0.717, 1.165) is 11.8 Å². The maximum atomic E-state index is 14.3. The Kier molecular flexibility index (Phi) is 11.4. The highest BCUT2D eigenvalue weighted by Crippen LogP contribution is 2.30. The number of pyridine rings is 1. The molecule has 2 aromatic rings. The molecule has 1 amide bonds. The molecule has 3 rings (SSSR count). The maximum absolute atomic E-state index is 14.3. The third kappa shape index (κ3) is 8.50. The Morgan fingerprint density at radius 1 is 1.24 bits per heavy atom. The molecule has 0 bridgehead atoms. The van der Waals surface area contributed by atoms with Gasteiger partial charge in [-0.3, -0.25) is 14.7 Å². The summed E-state index contributed by atoms with van der Waals surface area (Å²) in [6.45, 7) is 12.1. The molecule has 1 aliphatic rings. The van der Waals surface area contributed by atoms with E-state index in [1.54, 1.807) is 52.2 Å². The topological polar surface area (TPSA) is 100 Å². The third-order valence-electron chi connectivity index (χ3n) is 5.63. The van der Waals surface area contributed by atoms with Crippen LogP contribution in [0.5, 0.6) is 0 Å². The van der Waals surface area contributed by atoms with Crippen molar-refractivity contribution in [3.8, 4) is 0 Å². The maximum Gasteiger partial charge on any atom is 0.218 e. The predicted molar refractivity (Wildman–Crippen MR) is 155 cm³/mol. The number of hydrogen-bond acceptors (Lipinski definition) is 7. The monoisotopic (exact) mass is 581 g/mol. The van der Waals surface area contributed by atoms with E-state index >= 15 is 0 Å². The fourth-order valence-corrected chi connectivity index (χ4v) is 3.72. The van der Waals surface area contributed by atoms with Crippen LogP contribution in [0.4, 0.5) is 8.78 Å². The Morgan fingerprint density at radius 3 is 2.46 bits per heavy atom. The number of aromatic nitrogens is 3. The molecule has 0 saturated carbocycles. The second-order valence-electron chi connectivity index (χ2n) is 9.43. The zero-order valence-electron chi connectivity index (χ0n) is 24.0. The molecule has 2 N–H and O–H groups in total. The van der Waals surface area contributed by atoms with Crippen LogP contribution in [0.25, 0.3) is 0 Å². The Morgan fingerprint density at radius 2 is 1.90 bits per heavy atom. The predicted octanol–water partition coefficient (Wildman–Crippen LogP) is 4.83. The highest BCUT2D eigenvalue weighted by molar-refractivity contribution is 6.38. The first-order chi connectivity index (χ1) is 19.1. The van der Waals surface area contributed by atoms with E-state index < -0.39 is 34.4 Å². The quantitative estimate of drug-likeness (QED) is 0.189. The lowest BCUT2D eigenvalue weighted by Crippen LogP contribution is -2.33. The van der Waals surface area contributed by atoms with Gasteiger partial charge < -0.3 is 15.2 Å². The zero-order chi connectivity index (χ0) is 31.1. The van der Waals surface area contributed by atoms with Crippen molar-refractivity contribution in [3.05, 3.63) is 99.5 Å². The summed E-state index contributed by atoms with van der Waals surface area (Å²) in [5.41, 5.74) is 0.379. The first kappa shape index (κ1) is 33.7. The lowest BCUT2D eigenvalue weighted by atomic mass is 9.62. The number of amides is 1. The molecule has 1 atom stereocenters. The number of halogens is 3. The Balaban J connectivity index is 0.00000287. The van der Waals surface area contributed by atoms with Gasteiger partial charge in [0.25, 0.3) is 0 Å². The van der Waals surface area contributed by atoms with Crippen molar-refractivity contribution in [2.75, 3.05) is 0 Å². The Bertz CT molecular complexity index is 1390. The minimum atomic E-state index is -2.31. The van der Waals surface area contributed by atoms with E-state index in [-0.39, 0.29) is 16.6 Å². The molecule has 3 heterocycles.